The van der Waals surface area contributed by atoms with Crippen molar-refractivity contribution >= 4 is 31.6 Å². The molecule has 150 valence electrons. The number of amides is 1. The minimum Gasteiger partial charge on any atom is -0.379 e. The molecule has 2 fully saturated rings. The van der Waals surface area contributed by atoms with E-state index in [-0.39, 0.29) is 22.9 Å². The van der Waals surface area contributed by atoms with Crippen LogP contribution in [-0.4, -0.2) is 72.8 Å². The van der Waals surface area contributed by atoms with Crippen LogP contribution in [0.3, 0.4) is 0 Å². The van der Waals surface area contributed by atoms with Crippen LogP contribution in [0.15, 0.2) is 29.2 Å². The Morgan fingerprint density at radius 1 is 1.19 bits per heavy atom. The van der Waals surface area contributed by atoms with Gasteiger partial charge < -0.3 is 4.74 Å². The fourth-order valence-electron chi connectivity index (χ4n) is 3.09. The van der Waals surface area contributed by atoms with E-state index in [1.165, 1.54) is 24.3 Å². The van der Waals surface area contributed by atoms with Crippen LogP contribution in [0.2, 0.25) is 0 Å². The molecule has 3 rings (SSSR count). The molecule has 27 heavy (non-hydrogen) atoms. The van der Waals surface area contributed by atoms with E-state index in [0.717, 1.165) is 17.4 Å². The molecule has 1 amide bonds. The summed E-state index contributed by atoms with van der Waals surface area (Å²) in [5.41, 5.74) is 0.150. The molecule has 2 heterocycles. The van der Waals surface area contributed by atoms with Gasteiger partial charge in [0.15, 0.2) is 0 Å². The summed E-state index contributed by atoms with van der Waals surface area (Å²) in [6.07, 6.45) is 0. The second-order valence-corrected chi connectivity index (χ2v) is 10.3. The maximum absolute atomic E-state index is 12.4. The van der Waals surface area contributed by atoms with Crippen LogP contribution in [0.25, 0.3) is 0 Å². The summed E-state index contributed by atoms with van der Waals surface area (Å²) in [4.78, 5) is 14.2. The van der Waals surface area contributed by atoms with Crippen molar-refractivity contribution in [1.29, 1.82) is 0 Å². The topological polar surface area (TPSA) is 113 Å². The van der Waals surface area contributed by atoms with E-state index < -0.39 is 31.9 Å². The Bertz CT molecular complexity index is 893. The summed E-state index contributed by atoms with van der Waals surface area (Å²) in [6.45, 7) is 5.23. The van der Waals surface area contributed by atoms with E-state index in [2.05, 4.69) is 9.62 Å². The highest BCUT2D eigenvalue weighted by molar-refractivity contribution is 7.94. The van der Waals surface area contributed by atoms with Gasteiger partial charge in [0, 0.05) is 26.2 Å². The summed E-state index contributed by atoms with van der Waals surface area (Å²) in [5, 5.41) is 0. The molecule has 0 bridgehead atoms. The lowest BCUT2D eigenvalue weighted by molar-refractivity contribution is -0.119. The number of anilines is 1. The van der Waals surface area contributed by atoms with Gasteiger partial charge in [0.2, 0.25) is 26.0 Å². The number of nitrogens with zero attached hydrogens (tertiary/aromatic N) is 2. The van der Waals surface area contributed by atoms with Crippen LogP contribution in [0, 0.1) is 5.92 Å². The van der Waals surface area contributed by atoms with Crippen LogP contribution < -0.4 is 9.03 Å². The van der Waals surface area contributed by atoms with Gasteiger partial charge in [-0.3, -0.25) is 9.69 Å². The molecule has 0 unspecified atom stereocenters. The quantitative estimate of drug-likeness (QED) is 0.671. The van der Waals surface area contributed by atoms with Crippen molar-refractivity contribution in [3.8, 4) is 0 Å². The van der Waals surface area contributed by atoms with E-state index in [0.29, 0.717) is 19.8 Å². The Hall–Kier alpha value is -1.53. The Labute approximate surface area is 159 Å². The van der Waals surface area contributed by atoms with Gasteiger partial charge in [-0.1, -0.05) is 6.92 Å². The van der Waals surface area contributed by atoms with Gasteiger partial charge in [-0.2, -0.15) is 0 Å². The maximum Gasteiger partial charge on any atom is 0.244 e. The van der Waals surface area contributed by atoms with Gasteiger partial charge in [-0.15, -0.1) is 0 Å². The van der Waals surface area contributed by atoms with E-state index in [1.54, 1.807) is 6.92 Å². The molecule has 1 aromatic rings. The van der Waals surface area contributed by atoms with Crippen LogP contribution in [0.5, 0.6) is 0 Å². The van der Waals surface area contributed by atoms with Crippen molar-refractivity contribution in [2.75, 3.05) is 49.5 Å². The number of nitrogens with one attached hydrogen (secondary N) is 1. The average molecular weight is 418 g/mol. The SMILES string of the molecule is C[C@H]1CS(=O)(=O)N(c2ccc(S(=O)(=O)NCCN3CCOCC3)cc2)C1=O. The zero-order chi connectivity index (χ0) is 19.7. The van der Waals surface area contributed by atoms with Crippen molar-refractivity contribution in [2.24, 2.45) is 5.92 Å². The highest BCUT2D eigenvalue weighted by Gasteiger charge is 2.41. The third-order valence-electron chi connectivity index (χ3n) is 4.57. The Morgan fingerprint density at radius 2 is 1.81 bits per heavy atom. The first-order valence-corrected chi connectivity index (χ1v) is 11.8. The summed E-state index contributed by atoms with van der Waals surface area (Å²) in [5.74, 6) is -1.36. The molecule has 2 saturated heterocycles. The summed E-state index contributed by atoms with van der Waals surface area (Å²) < 4.78 is 57.6. The molecule has 11 heteroatoms. The summed E-state index contributed by atoms with van der Waals surface area (Å²) >= 11 is 0. The number of ether oxygens (including phenoxy) is 1. The third-order valence-corrected chi connectivity index (χ3v) is 7.91. The molecular formula is C16H23N3O6S2. The van der Waals surface area contributed by atoms with Crippen LogP contribution in [0.4, 0.5) is 5.69 Å². The molecule has 0 saturated carbocycles. The fourth-order valence-corrected chi connectivity index (χ4v) is 5.94. The highest BCUT2D eigenvalue weighted by atomic mass is 32.2. The lowest BCUT2D eigenvalue weighted by Gasteiger charge is -2.26. The van der Waals surface area contributed by atoms with E-state index >= 15 is 0 Å². The summed E-state index contributed by atoms with van der Waals surface area (Å²) in [6, 6.07) is 5.28. The molecular weight excluding hydrogens is 394 g/mol. The van der Waals surface area contributed by atoms with Gasteiger partial charge >= 0.3 is 0 Å². The smallest absolute Gasteiger partial charge is 0.244 e. The number of carbonyl (C=O) groups excluding carboxylic acids is 1. The molecule has 0 aromatic heterocycles. The predicted octanol–water partition coefficient (Wildman–Crippen LogP) is -0.390. The number of carbonyl (C=O) groups is 1. The molecule has 0 radical (unpaired) electrons. The minimum absolute atomic E-state index is 0.0188. The third kappa shape index (κ3) is 4.49. The molecule has 0 spiro atoms. The second kappa shape index (κ2) is 7.84. The van der Waals surface area contributed by atoms with Gasteiger partial charge in [0.05, 0.1) is 35.5 Å². The monoisotopic (exact) mass is 417 g/mol. The summed E-state index contributed by atoms with van der Waals surface area (Å²) in [7, 11) is -7.43. The molecule has 1 aromatic carbocycles. The largest absolute Gasteiger partial charge is 0.379 e. The van der Waals surface area contributed by atoms with Crippen LogP contribution in [0.1, 0.15) is 6.92 Å². The number of morpholine rings is 1. The molecule has 1 N–H and O–H groups in total. The van der Waals surface area contributed by atoms with Crippen molar-refractivity contribution in [1.82, 2.24) is 9.62 Å². The average Bonchev–Trinajstić information content (AvgIpc) is 2.83. The first kappa shape index (κ1) is 20.2. The lowest BCUT2D eigenvalue weighted by atomic mass is 10.2. The van der Waals surface area contributed by atoms with Crippen LogP contribution in [-0.2, 0) is 29.6 Å². The number of sulfonamides is 2. The second-order valence-electron chi connectivity index (χ2n) is 6.63. The lowest BCUT2D eigenvalue weighted by Crippen LogP contribution is -2.41. The zero-order valence-electron chi connectivity index (χ0n) is 15.0. The van der Waals surface area contributed by atoms with Crippen molar-refractivity contribution in [2.45, 2.75) is 11.8 Å². The predicted molar refractivity (Wildman–Crippen MR) is 99.3 cm³/mol. The fraction of sp³-hybridized carbons (Fsp3) is 0.562. The van der Waals surface area contributed by atoms with Gasteiger partial charge in [0.25, 0.3) is 0 Å². The number of rotatable bonds is 6. The van der Waals surface area contributed by atoms with Crippen LogP contribution >= 0.6 is 0 Å². The van der Waals surface area contributed by atoms with E-state index in [1.807, 2.05) is 0 Å². The van der Waals surface area contributed by atoms with Crippen molar-refractivity contribution in [3.63, 3.8) is 0 Å². The molecule has 9 nitrogen and oxygen atoms in total. The highest BCUT2D eigenvalue weighted by Crippen LogP contribution is 2.28. The minimum atomic E-state index is -3.72. The maximum atomic E-state index is 12.4. The number of benzene rings is 1. The number of hydrogen-bond acceptors (Lipinski definition) is 7. The van der Waals surface area contributed by atoms with Gasteiger partial charge in [-0.05, 0) is 24.3 Å². The number of hydrogen-bond donors (Lipinski definition) is 1. The molecule has 0 aliphatic carbocycles. The van der Waals surface area contributed by atoms with E-state index in [9.17, 15) is 21.6 Å². The van der Waals surface area contributed by atoms with Gasteiger partial charge in [-0.25, -0.2) is 25.9 Å². The zero-order valence-corrected chi connectivity index (χ0v) is 16.6. The Balaban J connectivity index is 1.66. The molecule has 2 aliphatic heterocycles. The standard InChI is InChI=1S/C16H23N3O6S2/c1-13-12-26(21,22)19(16(13)20)14-2-4-15(5-3-14)27(23,24)17-6-7-18-8-10-25-11-9-18/h2-5,13,17H,6-12H2,1H3/t13-/m0/s1. The molecule has 1 atom stereocenters. The molecule has 2 aliphatic rings. The van der Waals surface area contributed by atoms with Gasteiger partial charge in [0.1, 0.15) is 0 Å². The van der Waals surface area contributed by atoms with Crippen molar-refractivity contribution in [3.05, 3.63) is 24.3 Å². The first-order chi connectivity index (χ1) is 12.7. The van der Waals surface area contributed by atoms with E-state index in [4.69, 9.17) is 4.74 Å². The Morgan fingerprint density at radius 3 is 2.37 bits per heavy atom. The normalized spacial score (nSPS) is 23.7. The van der Waals surface area contributed by atoms with Crippen molar-refractivity contribution < 1.29 is 26.4 Å². The Kier molecular flexibility index (Phi) is 5.87. The first-order valence-electron chi connectivity index (χ1n) is 8.67.